The van der Waals surface area contributed by atoms with Gasteiger partial charge in [-0.25, -0.2) is 0 Å². The minimum atomic E-state index is -0.483. The number of hydrogen-bond acceptors (Lipinski definition) is 4. The normalized spacial score (nSPS) is 13.1. The summed E-state index contributed by atoms with van der Waals surface area (Å²) in [6.45, 7) is 8.63. The van der Waals surface area contributed by atoms with E-state index in [1.165, 1.54) is 77.0 Å². The van der Waals surface area contributed by atoms with Gasteiger partial charge in [0, 0.05) is 0 Å². The molecule has 0 aliphatic carbocycles. The summed E-state index contributed by atoms with van der Waals surface area (Å²) in [7, 11) is 0. The van der Waals surface area contributed by atoms with E-state index in [1.807, 2.05) is 13.8 Å². The summed E-state index contributed by atoms with van der Waals surface area (Å²) in [5, 5.41) is 0. The van der Waals surface area contributed by atoms with E-state index >= 15 is 0 Å². The van der Waals surface area contributed by atoms with E-state index in [2.05, 4.69) is 13.8 Å². The smallest absolute Gasteiger partial charge is 0.317 e. The maximum atomic E-state index is 11.7. The van der Waals surface area contributed by atoms with Crippen LogP contribution in [0, 0.1) is 5.92 Å². The zero-order valence-corrected chi connectivity index (χ0v) is 19.8. The van der Waals surface area contributed by atoms with Gasteiger partial charge in [-0.15, -0.1) is 0 Å². The fraction of sp³-hybridized carbons (Fsp3) is 0.920. The van der Waals surface area contributed by atoms with Gasteiger partial charge in [0.1, 0.15) is 12.5 Å². The third kappa shape index (κ3) is 18.7. The quantitative estimate of drug-likeness (QED) is 0.119. The van der Waals surface area contributed by atoms with Crippen molar-refractivity contribution in [3.8, 4) is 0 Å². The number of esters is 2. The molecular formula is C25H48O4. The fourth-order valence-electron chi connectivity index (χ4n) is 3.35. The number of rotatable bonds is 20. The van der Waals surface area contributed by atoms with Gasteiger partial charge in [0.05, 0.1) is 6.61 Å². The lowest BCUT2D eigenvalue weighted by Crippen LogP contribution is -2.23. The Bertz CT molecular complexity index is 394. The van der Waals surface area contributed by atoms with Crippen LogP contribution in [-0.2, 0) is 19.1 Å². The molecule has 0 spiro atoms. The largest absolute Gasteiger partial charge is 0.465 e. The Morgan fingerprint density at radius 3 is 1.55 bits per heavy atom. The Morgan fingerprint density at radius 2 is 1.10 bits per heavy atom. The van der Waals surface area contributed by atoms with E-state index in [4.69, 9.17) is 9.47 Å². The van der Waals surface area contributed by atoms with Crippen LogP contribution in [0.3, 0.4) is 0 Å². The highest BCUT2D eigenvalue weighted by molar-refractivity contribution is 5.91. The van der Waals surface area contributed by atoms with Gasteiger partial charge in [-0.3, -0.25) is 9.59 Å². The predicted molar refractivity (Wildman–Crippen MR) is 121 cm³/mol. The van der Waals surface area contributed by atoms with Crippen LogP contribution < -0.4 is 0 Å². The second kappa shape index (κ2) is 20.2. The Morgan fingerprint density at radius 1 is 0.655 bits per heavy atom. The molecular weight excluding hydrogens is 364 g/mol. The summed E-state index contributed by atoms with van der Waals surface area (Å²) < 4.78 is 10.4. The summed E-state index contributed by atoms with van der Waals surface area (Å²) in [4.78, 5) is 23.4. The van der Waals surface area contributed by atoms with Crippen LogP contribution in [0.4, 0.5) is 0 Å². The Kier molecular flexibility index (Phi) is 19.5. The molecule has 0 aliphatic rings. The minimum absolute atomic E-state index is 0.161. The summed E-state index contributed by atoms with van der Waals surface area (Å²) in [6, 6.07) is 0. The van der Waals surface area contributed by atoms with Crippen molar-refractivity contribution >= 4 is 11.9 Å². The van der Waals surface area contributed by atoms with Crippen LogP contribution in [0.15, 0.2) is 0 Å². The van der Waals surface area contributed by atoms with Gasteiger partial charge in [0.25, 0.3) is 0 Å². The first-order chi connectivity index (χ1) is 14.0. The molecule has 29 heavy (non-hydrogen) atoms. The van der Waals surface area contributed by atoms with Crippen molar-refractivity contribution < 1.29 is 19.1 Å². The van der Waals surface area contributed by atoms with Crippen LogP contribution in [0.5, 0.6) is 0 Å². The lowest BCUT2D eigenvalue weighted by molar-refractivity contribution is -0.158. The number of ether oxygens (including phenoxy) is 2. The van der Waals surface area contributed by atoms with Crippen molar-refractivity contribution in [1.29, 1.82) is 0 Å². The molecule has 4 heteroatoms. The van der Waals surface area contributed by atoms with Gasteiger partial charge in [0.2, 0.25) is 0 Å². The average molecular weight is 413 g/mol. The van der Waals surface area contributed by atoms with Gasteiger partial charge in [-0.2, -0.15) is 0 Å². The molecule has 4 nitrogen and oxygen atoms in total. The molecule has 0 saturated carbocycles. The molecule has 0 fully saturated rings. The van der Waals surface area contributed by atoms with Crippen molar-refractivity contribution in [1.82, 2.24) is 0 Å². The average Bonchev–Trinajstić information content (AvgIpc) is 2.69. The van der Waals surface area contributed by atoms with Crippen molar-refractivity contribution in [3.05, 3.63) is 0 Å². The van der Waals surface area contributed by atoms with E-state index < -0.39 is 11.9 Å². The molecule has 0 aliphatic heterocycles. The molecule has 0 radical (unpaired) electrons. The van der Waals surface area contributed by atoms with Gasteiger partial charge in [-0.1, -0.05) is 111 Å². The molecule has 0 amide bonds. The molecule has 0 aromatic carbocycles. The number of carbonyl (C=O) groups excluding carboxylic acids is 2. The highest BCUT2D eigenvalue weighted by Crippen LogP contribution is 2.13. The van der Waals surface area contributed by atoms with E-state index in [-0.39, 0.29) is 12.5 Å². The first-order valence-corrected chi connectivity index (χ1v) is 12.4. The van der Waals surface area contributed by atoms with Gasteiger partial charge < -0.3 is 9.47 Å². The maximum Gasteiger partial charge on any atom is 0.317 e. The van der Waals surface area contributed by atoms with Crippen LogP contribution >= 0.6 is 0 Å². The van der Waals surface area contributed by atoms with Crippen molar-refractivity contribution in [2.45, 2.75) is 137 Å². The first-order valence-electron chi connectivity index (χ1n) is 12.4. The molecule has 0 aromatic heterocycles. The summed E-state index contributed by atoms with van der Waals surface area (Å²) >= 11 is 0. The topological polar surface area (TPSA) is 52.6 Å². The predicted octanol–water partition coefficient (Wildman–Crippen LogP) is 7.38. The van der Waals surface area contributed by atoms with Gasteiger partial charge in [0.15, 0.2) is 0 Å². The summed E-state index contributed by atoms with van der Waals surface area (Å²) in [5.74, 6) is -0.657. The van der Waals surface area contributed by atoms with Crippen molar-refractivity contribution in [3.63, 3.8) is 0 Å². The second-order valence-electron chi connectivity index (χ2n) is 8.57. The summed E-state index contributed by atoms with van der Waals surface area (Å²) in [5.41, 5.74) is 0. The number of unbranched alkanes of at least 4 members (excludes halogenated alkanes) is 13. The summed E-state index contributed by atoms with van der Waals surface area (Å²) in [6.07, 6.45) is 18.7. The van der Waals surface area contributed by atoms with Crippen LogP contribution in [0.2, 0.25) is 0 Å². The van der Waals surface area contributed by atoms with E-state index in [0.717, 1.165) is 19.3 Å². The number of carbonyl (C=O) groups is 2. The zero-order valence-electron chi connectivity index (χ0n) is 19.8. The third-order valence-electron chi connectivity index (χ3n) is 5.81. The van der Waals surface area contributed by atoms with Crippen molar-refractivity contribution in [2.24, 2.45) is 5.92 Å². The van der Waals surface area contributed by atoms with E-state index in [0.29, 0.717) is 12.5 Å². The molecule has 0 aromatic rings. The zero-order chi connectivity index (χ0) is 21.7. The van der Waals surface area contributed by atoms with E-state index in [1.54, 1.807) is 0 Å². The molecule has 0 bridgehead atoms. The van der Waals surface area contributed by atoms with E-state index in [9.17, 15) is 9.59 Å². The standard InChI is InChI=1S/C25H48O4/c1-5-7-8-9-10-11-12-13-14-15-16-17-18-19-20-28-24(26)21-25(27)29-23(4)22(3)6-2/h22-23H,5-21H2,1-4H3. The lowest BCUT2D eigenvalue weighted by Gasteiger charge is -2.18. The molecule has 0 heterocycles. The van der Waals surface area contributed by atoms with Gasteiger partial charge in [-0.05, 0) is 19.3 Å². The Hall–Kier alpha value is -1.06. The SMILES string of the molecule is CCCCCCCCCCCCCCCCOC(=O)CC(=O)OC(C)C(C)CC. The van der Waals surface area contributed by atoms with Crippen LogP contribution in [0.1, 0.15) is 130 Å². The minimum Gasteiger partial charge on any atom is -0.465 e. The van der Waals surface area contributed by atoms with Gasteiger partial charge >= 0.3 is 11.9 Å². The highest BCUT2D eigenvalue weighted by atomic mass is 16.6. The first kappa shape index (κ1) is 27.9. The monoisotopic (exact) mass is 412 g/mol. The third-order valence-corrected chi connectivity index (χ3v) is 5.81. The van der Waals surface area contributed by atoms with Crippen LogP contribution in [0.25, 0.3) is 0 Å². The second-order valence-corrected chi connectivity index (χ2v) is 8.57. The Balaban J connectivity index is 3.37. The molecule has 172 valence electrons. The highest BCUT2D eigenvalue weighted by Gasteiger charge is 2.18. The van der Waals surface area contributed by atoms with Crippen molar-refractivity contribution in [2.75, 3.05) is 6.61 Å². The number of hydrogen-bond donors (Lipinski definition) is 0. The lowest BCUT2D eigenvalue weighted by atomic mass is 10.0. The van der Waals surface area contributed by atoms with Crippen LogP contribution in [-0.4, -0.2) is 24.6 Å². The maximum absolute atomic E-state index is 11.7. The molecule has 0 N–H and O–H groups in total. The molecule has 0 rings (SSSR count). The Labute approximate surface area is 180 Å². The fourth-order valence-corrected chi connectivity index (χ4v) is 3.35. The molecule has 0 saturated heterocycles. The molecule has 2 unspecified atom stereocenters. The molecule has 2 atom stereocenters.